The first-order valence-corrected chi connectivity index (χ1v) is 20.7. The first-order chi connectivity index (χ1) is 28.2. The van der Waals surface area contributed by atoms with E-state index in [-0.39, 0.29) is 60.9 Å². The summed E-state index contributed by atoms with van der Waals surface area (Å²) < 4.78 is 2.12. The third-order valence-corrected chi connectivity index (χ3v) is 12.6. The zero-order valence-electron chi connectivity index (χ0n) is 34.2. The number of carbonyl (C=O) groups excluding carboxylic acids is 4. The van der Waals surface area contributed by atoms with Crippen molar-refractivity contribution in [2.45, 2.75) is 57.2 Å². The van der Waals surface area contributed by atoms with Gasteiger partial charge in [0.2, 0.25) is 17.8 Å². The number of aromatic nitrogens is 4. The number of nitrogens with zero attached hydrogens (tertiary/aromatic N) is 10. The van der Waals surface area contributed by atoms with Gasteiger partial charge in [-0.1, -0.05) is 12.8 Å². The highest BCUT2D eigenvalue weighted by atomic mass is 35.5. The molecule has 9 rings (SSSR count). The number of rotatable bonds is 10. The van der Waals surface area contributed by atoms with Crippen LogP contribution in [0.5, 0.6) is 0 Å². The average Bonchev–Trinajstić information content (AvgIpc) is 3.98. The number of hydrogen-bond donors (Lipinski definition) is 2. The standard InChI is InChI=1S/C42H52N12O4.2ClH/c1-48(2)41(58)35-24-28-25-44-42(47-38(28)54(35)30-5-3-4-6-30)45-36-11-8-32(26-43-36)52-21-17-50(18-22-52)14-13-49-15-19-51(20-16-49)31-7-9-33-29(23-31)27-53(40(33)57)34-10-12-37(55)46-39(34)56;;/h7-9,11,23-26,30,34H,3-6,10,12-22,27H2,1-2H3,(H,46,55,56)(H,43,44,45,47);2*1H. The Labute approximate surface area is 362 Å². The molecule has 4 fully saturated rings. The maximum atomic E-state index is 13.1. The summed E-state index contributed by atoms with van der Waals surface area (Å²) in [5, 5.41) is 6.53. The molecule has 3 aromatic heterocycles. The van der Waals surface area contributed by atoms with Gasteiger partial charge in [-0.2, -0.15) is 4.98 Å². The summed E-state index contributed by atoms with van der Waals surface area (Å²) in [7, 11) is 3.57. The summed E-state index contributed by atoms with van der Waals surface area (Å²) in [6, 6.07) is 11.7. The number of amides is 4. The zero-order chi connectivity index (χ0) is 39.9. The van der Waals surface area contributed by atoms with Crippen molar-refractivity contribution in [3.63, 3.8) is 0 Å². The minimum absolute atomic E-state index is 0. The van der Waals surface area contributed by atoms with Crippen LogP contribution in [-0.4, -0.2) is 148 Å². The monoisotopic (exact) mass is 860 g/mol. The molecule has 18 heteroatoms. The van der Waals surface area contributed by atoms with Crippen LogP contribution >= 0.6 is 24.8 Å². The van der Waals surface area contributed by atoms with Gasteiger partial charge < -0.3 is 29.5 Å². The van der Waals surface area contributed by atoms with Crippen molar-refractivity contribution in [2.24, 2.45) is 0 Å². The van der Waals surface area contributed by atoms with Crippen LogP contribution < -0.4 is 20.4 Å². The van der Waals surface area contributed by atoms with Gasteiger partial charge in [-0.05, 0) is 61.2 Å². The largest absolute Gasteiger partial charge is 0.369 e. The second kappa shape index (κ2) is 18.3. The van der Waals surface area contributed by atoms with E-state index < -0.39 is 6.04 Å². The number of nitrogens with one attached hydrogen (secondary N) is 2. The molecule has 60 heavy (non-hydrogen) atoms. The maximum Gasteiger partial charge on any atom is 0.270 e. The average molecular weight is 862 g/mol. The normalized spacial score (nSPS) is 20.2. The van der Waals surface area contributed by atoms with E-state index in [0.29, 0.717) is 36.0 Å². The maximum absolute atomic E-state index is 13.1. The van der Waals surface area contributed by atoms with Crippen LogP contribution in [0.15, 0.2) is 48.8 Å². The Bertz CT molecular complexity index is 2210. The van der Waals surface area contributed by atoms with Crippen LogP contribution in [0.25, 0.3) is 11.0 Å². The van der Waals surface area contributed by atoms with Crippen molar-refractivity contribution in [3.05, 3.63) is 65.6 Å². The molecule has 4 aliphatic heterocycles. The molecule has 2 N–H and O–H groups in total. The molecule has 0 spiro atoms. The van der Waals surface area contributed by atoms with E-state index in [0.717, 1.165) is 119 Å². The van der Waals surface area contributed by atoms with Crippen LogP contribution in [0, 0.1) is 0 Å². The van der Waals surface area contributed by atoms with Gasteiger partial charge >= 0.3 is 0 Å². The number of carbonyl (C=O) groups is 4. The van der Waals surface area contributed by atoms with Crippen LogP contribution in [0.4, 0.5) is 23.1 Å². The number of fused-ring (bicyclic) bond motifs is 2. The lowest BCUT2D eigenvalue weighted by Crippen LogP contribution is -2.52. The van der Waals surface area contributed by atoms with Gasteiger partial charge in [0, 0.05) is 121 Å². The number of halogens is 2. The summed E-state index contributed by atoms with van der Waals surface area (Å²) in [6.07, 6.45) is 8.73. The third-order valence-electron chi connectivity index (χ3n) is 12.6. The van der Waals surface area contributed by atoms with E-state index in [4.69, 9.17) is 9.97 Å². The fourth-order valence-electron chi connectivity index (χ4n) is 9.26. The minimum atomic E-state index is -0.596. The van der Waals surface area contributed by atoms with Gasteiger partial charge in [-0.15, -0.1) is 24.8 Å². The van der Waals surface area contributed by atoms with Crippen molar-refractivity contribution in [1.29, 1.82) is 0 Å². The molecule has 5 aliphatic rings. The van der Waals surface area contributed by atoms with Crippen molar-refractivity contribution >= 4 is 82.6 Å². The highest BCUT2D eigenvalue weighted by Crippen LogP contribution is 2.35. The number of benzene rings is 1. The van der Waals surface area contributed by atoms with Gasteiger partial charge in [0.05, 0.1) is 11.9 Å². The van der Waals surface area contributed by atoms with Crippen molar-refractivity contribution in [3.8, 4) is 0 Å². The number of hydrogen-bond acceptors (Lipinski definition) is 12. The highest BCUT2D eigenvalue weighted by Gasteiger charge is 2.39. The van der Waals surface area contributed by atoms with Crippen LogP contribution in [0.1, 0.15) is 71.0 Å². The van der Waals surface area contributed by atoms with E-state index in [2.05, 4.69) is 51.9 Å². The van der Waals surface area contributed by atoms with Gasteiger partial charge in [0.15, 0.2) is 0 Å². The number of anilines is 4. The lowest BCUT2D eigenvalue weighted by molar-refractivity contribution is -0.136. The summed E-state index contributed by atoms with van der Waals surface area (Å²) in [4.78, 5) is 77.5. The fourth-order valence-corrected chi connectivity index (χ4v) is 9.26. The number of imide groups is 1. The first-order valence-electron chi connectivity index (χ1n) is 20.7. The Balaban J connectivity index is 0.00000272. The molecule has 1 aromatic carbocycles. The molecular weight excluding hydrogens is 807 g/mol. The quantitative estimate of drug-likeness (QED) is 0.222. The van der Waals surface area contributed by atoms with E-state index in [1.165, 1.54) is 0 Å². The number of piperazine rings is 2. The Morgan fingerprint density at radius 2 is 1.48 bits per heavy atom. The van der Waals surface area contributed by atoms with E-state index in [9.17, 15) is 19.2 Å². The van der Waals surface area contributed by atoms with Crippen LogP contribution in [0.2, 0.25) is 0 Å². The summed E-state index contributed by atoms with van der Waals surface area (Å²) in [5.74, 6) is 0.325. The predicted molar refractivity (Wildman–Crippen MR) is 235 cm³/mol. The lowest BCUT2D eigenvalue weighted by Gasteiger charge is -2.39. The third kappa shape index (κ3) is 8.74. The Morgan fingerprint density at radius 3 is 2.12 bits per heavy atom. The van der Waals surface area contributed by atoms with Crippen molar-refractivity contribution in [1.82, 2.24) is 44.4 Å². The summed E-state index contributed by atoms with van der Waals surface area (Å²) >= 11 is 0. The van der Waals surface area contributed by atoms with Gasteiger partial charge in [-0.25, -0.2) is 9.97 Å². The molecule has 16 nitrogen and oxygen atoms in total. The molecule has 1 atom stereocenters. The fraction of sp³-hybridized carbons (Fsp3) is 0.500. The second-order valence-corrected chi connectivity index (χ2v) is 16.4. The molecule has 4 aromatic rings. The molecule has 1 aliphatic carbocycles. The van der Waals surface area contributed by atoms with Crippen LogP contribution in [0.3, 0.4) is 0 Å². The zero-order valence-corrected chi connectivity index (χ0v) is 35.8. The van der Waals surface area contributed by atoms with Gasteiger partial charge in [0.1, 0.15) is 23.2 Å². The second-order valence-electron chi connectivity index (χ2n) is 16.4. The molecule has 7 heterocycles. The lowest BCUT2D eigenvalue weighted by atomic mass is 10.0. The molecular formula is C42H54Cl2N12O4. The molecule has 0 radical (unpaired) electrons. The van der Waals surface area contributed by atoms with Crippen molar-refractivity contribution < 1.29 is 19.2 Å². The number of piperidine rings is 1. The van der Waals surface area contributed by atoms with Crippen LogP contribution in [-0.2, 0) is 16.1 Å². The Kier molecular flexibility index (Phi) is 13.1. The topological polar surface area (TPSA) is 155 Å². The Morgan fingerprint density at radius 1 is 0.817 bits per heavy atom. The van der Waals surface area contributed by atoms with Crippen molar-refractivity contribution in [2.75, 3.05) is 94.7 Å². The minimum Gasteiger partial charge on any atom is -0.369 e. The molecule has 4 amide bonds. The summed E-state index contributed by atoms with van der Waals surface area (Å²) in [6.45, 7) is 10.1. The smallest absolute Gasteiger partial charge is 0.270 e. The Hall–Kier alpha value is -5.03. The highest BCUT2D eigenvalue weighted by molar-refractivity contribution is 6.05. The molecule has 0 bridgehead atoms. The summed E-state index contributed by atoms with van der Waals surface area (Å²) in [5.41, 5.74) is 5.25. The van der Waals surface area contributed by atoms with E-state index in [1.54, 1.807) is 30.1 Å². The van der Waals surface area contributed by atoms with Gasteiger partial charge in [-0.3, -0.25) is 34.3 Å². The van der Waals surface area contributed by atoms with Gasteiger partial charge in [0.25, 0.3) is 11.8 Å². The first kappa shape index (κ1) is 43.1. The predicted octanol–water partition coefficient (Wildman–Crippen LogP) is 3.94. The molecule has 1 saturated carbocycles. The number of pyridine rings is 1. The molecule has 1 unspecified atom stereocenters. The SMILES string of the molecule is CN(C)C(=O)c1cc2cnc(Nc3ccc(N4CCN(CCN5CCN(c6ccc7c(c6)CN(C6CCC(=O)NC6=O)C7=O)CC5)CC4)cn3)nc2n1C1CCCC1.Cl.Cl. The molecule has 320 valence electrons. The molecule has 3 saturated heterocycles. The van der Waals surface area contributed by atoms with E-state index >= 15 is 0 Å². The van der Waals surface area contributed by atoms with E-state index in [1.807, 2.05) is 30.5 Å².